The van der Waals surface area contributed by atoms with Crippen LogP contribution in [0.25, 0.3) is 0 Å². The number of nitrogens with zero attached hydrogens (tertiary/aromatic N) is 3. The second-order valence-corrected chi connectivity index (χ2v) is 6.30. The number of halogens is 1. The summed E-state index contributed by atoms with van der Waals surface area (Å²) >= 11 is 3.44. The molecule has 2 atom stereocenters. The molecule has 0 fully saturated rings. The maximum absolute atomic E-state index is 11.6. The minimum Gasteiger partial charge on any atom is -0.497 e. The smallest absolute Gasteiger partial charge is 0.497 e. The normalized spacial score (nSPS) is 21.8. The number of methoxy groups -OCH3 is 1. The number of hydrogen-bond donors (Lipinski definition) is 0. The van der Waals surface area contributed by atoms with E-state index in [9.17, 15) is 4.79 Å². The Morgan fingerprint density at radius 3 is 2.80 bits per heavy atom. The van der Waals surface area contributed by atoms with Crippen LogP contribution in [-0.4, -0.2) is 43.2 Å². The summed E-state index contributed by atoms with van der Waals surface area (Å²) in [5.74, 6) is 1.27. The first-order chi connectivity index (χ1) is 12.1. The van der Waals surface area contributed by atoms with Gasteiger partial charge in [0.1, 0.15) is 5.75 Å². The summed E-state index contributed by atoms with van der Waals surface area (Å²) in [7, 11) is 1.63. The van der Waals surface area contributed by atoms with E-state index in [4.69, 9.17) is 14.2 Å². The molecule has 0 aliphatic carbocycles. The first kappa shape index (κ1) is 17.5. The molecule has 0 N–H and O–H groups in total. The molecule has 0 radical (unpaired) electrons. The van der Waals surface area contributed by atoms with Crippen LogP contribution in [0, 0.1) is 0 Å². The molecule has 0 bridgehead atoms. The number of fused-ring (bicyclic) bond motifs is 1. The molecule has 3 rings (SSSR count). The standard InChI is InChI=1S/C17H18BrN3O4/c1-3-24-17(22)25-15-8-14(11-4-6-13(23-2)7-5-11)21-10-12(18)9-19-16(21)20-15/h4-7,9-10,14-15H,3,8H2,1-2H3. The lowest BCUT2D eigenvalue weighted by Crippen LogP contribution is -2.39. The lowest BCUT2D eigenvalue weighted by atomic mass is 10.00. The summed E-state index contributed by atoms with van der Waals surface area (Å²) in [6, 6.07) is 7.67. The van der Waals surface area contributed by atoms with Crippen LogP contribution in [0.3, 0.4) is 0 Å². The topological polar surface area (TPSA) is 72.7 Å². The van der Waals surface area contributed by atoms with Gasteiger partial charge in [0.25, 0.3) is 0 Å². The van der Waals surface area contributed by atoms with Crippen molar-refractivity contribution < 1.29 is 19.0 Å². The molecule has 8 heteroatoms. The van der Waals surface area contributed by atoms with Crippen LogP contribution in [0.5, 0.6) is 5.75 Å². The summed E-state index contributed by atoms with van der Waals surface area (Å²) in [5, 5.41) is 0. The zero-order chi connectivity index (χ0) is 17.8. The average Bonchev–Trinajstić information content (AvgIpc) is 2.61. The number of allylic oxidation sites excluding steroid dienone is 1. The molecule has 2 heterocycles. The van der Waals surface area contributed by atoms with Crippen molar-refractivity contribution in [2.75, 3.05) is 13.7 Å². The number of aliphatic imine (C=N–C) groups is 2. The Morgan fingerprint density at radius 1 is 1.36 bits per heavy atom. The third-order valence-electron chi connectivity index (χ3n) is 3.81. The summed E-state index contributed by atoms with van der Waals surface area (Å²) in [5.41, 5.74) is 1.04. The first-order valence-corrected chi connectivity index (χ1v) is 8.65. The van der Waals surface area contributed by atoms with Crippen LogP contribution in [0.4, 0.5) is 4.79 Å². The van der Waals surface area contributed by atoms with E-state index < -0.39 is 12.4 Å². The minimum absolute atomic E-state index is 0.0807. The van der Waals surface area contributed by atoms with Gasteiger partial charge in [-0.1, -0.05) is 12.1 Å². The summed E-state index contributed by atoms with van der Waals surface area (Å²) < 4.78 is 16.2. The van der Waals surface area contributed by atoms with Gasteiger partial charge in [0.15, 0.2) is 0 Å². The largest absolute Gasteiger partial charge is 0.510 e. The highest BCUT2D eigenvalue weighted by atomic mass is 79.9. The van der Waals surface area contributed by atoms with E-state index in [2.05, 4.69) is 25.9 Å². The van der Waals surface area contributed by atoms with Gasteiger partial charge in [-0.3, -0.25) is 0 Å². The first-order valence-electron chi connectivity index (χ1n) is 7.85. The van der Waals surface area contributed by atoms with Crippen LogP contribution < -0.4 is 4.74 Å². The lowest BCUT2D eigenvalue weighted by molar-refractivity contribution is 0.0164. The Balaban J connectivity index is 1.88. The maximum Gasteiger partial charge on any atom is 0.510 e. The van der Waals surface area contributed by atoms with E-state index in [1.807, 2.05) is 35.4 Å². The van der Waals surface area contributed by atoms with Crippen molar-refractivity contribution >= 4 is 34.3 Å². The molecular formula is C17H18BrN3O4. The zero-order valence-electron chi connectivity index (χ0n) is 13.9. The Bertz CT molecular complexity index is 730. The van der Waals surface area contributed by atoms with Crippen LogP contribution in [0.1, 0.15) is 24.9 Å². The van der Waals surface area contributed by atoms with Gasteiger partial charge in [-0.2, -0.15) is 0 Å². The van der Waals surface area contributed by atoms with Gasteiger partial charge in [-0.15, -0.1) is 0 Å². The van der Waals surface area contributed by atoms with Crippen molar-refractivity contribution in [3.8, 4) is 5.75 Å². The van der Waals surface area contributed by atoms with Crippen LogP contribution in [0.15, 0.2) is 44.9 Å². The zero-order valence-corrected chi connectivity index (χ0v) is 15.5. The van der Waals surface area contributed by atoms with Crippen molar-refractivity contribution in [2.24, 2.45) is 9.98 Å². The fourth-order valence-corrected chi connectivity index (χ4v) is 3.01. The maximum atomic E-state index is 11.6. The minimum atomic E-state index is -0.727. The number of rotatable bonds is 4. The molecule has 0 saturated heterocycles. The van der Waals surface area contributed by atoms with E-state index in [1.165, 1.54) is 0 Å². The Labute approximate surface area is 154 Å². The van der Waals surface area contributed by atoms with Gasteiger partial charge in [0.2, 0.25) is 12.2 Å². The number of carbonyl (C=O) groups excluding carboxylic acids is 1. The predicted molar refractivity (Wildman–Crippen MR) is 97.0 cm³/mol. The third kappa shape index (κ3) is 4.01. The molecule has 2 aliphatic rings. The predicted octanol–water partition coefficient (Wildman–Crippen LogP) is 3.62. The lowest BCUT2D eigenvalue weighted by Gasteiger charge is -2.37. The number of benzene rings is 1. The Hall–Kier alpha value is -2.35. The number of ether oxygens (including phenoxy) is 3. The molecule has 132 valence electrons. The number of hydrogen-bond acceptors (Lipinski definition) is 7. The van der Waals surface area contributed by atoms with E-state index in [1.54, 1.807) is 20.2 Å². The quantitative estimate of drug-likeness (QED) is 0.712. The van der Waals surface area contributed by atoms with Crippen LogP contribution in [-0.2, 0) is 9.47 Å². The molecule has 25 heavy (non-hydrogen) atoms. The highest BCUT2D eigenvalue weighted by Gasteiger charge is 2.34. The number of guanidine groups is 1. The second kappa shape index (κ2) is 7.69. The average molecular weight is 408 g/mol. The van der Waals surface area contributed by atoms with Crippen molar-refractivity contribution in [3.63, 3.8) is 0 Å². The van der Waals surface area contributed by atoms with Crippen molar-refractivity contribution in [1.29, 1.82) is 0 Å². The van der Waals surface area contributed by atoms with Gasteiger partial charge in [-0.25, -0.2) is 14.8 Å². The molecule has 0 spiro atoms. The molecular weight excluding hydrogens is 390 g/mol. The molecule has 2 unspecified atom stereocenters. The van der Waals surface area contributed by atoms with Gasteiger partial charge in [-0.05, 0) is 40.5 Å². The van der Waals surface area contributed by atoms with E-state index in [0.29, 0.717) is 12.4 Å². The Morgan fingerprint density at radius 2 is 2.12 bits per heavy atom. The molecule has 7 nitrogen and oxygen atoms in total. The van der Waals surface area contributed by atoms with Gasteiger partial charge < -0.3 is 19.1 Å². The van der Waals surface area contributed by atoms with Crippen LogP contribution in [0.2, 0.25) is 0 Å². The number of carbonyl (C=O) groups is 1. The van der Waals surface area contributed by atoms with Crippen molar-refractivity contribution in [2.45, 2.75) is 25.6 Å². The van der Waals surface area contributed by atoms with Crippen molar-refractivity contribution in [3.05, 3.63) is 40.5 Å². The summed E-state index contributed by atoms with van der Waals surface area (Å²) in [6.45, 7) is 1.98. The Kier molecular flexibility index (Phi) is 5.37. The second-order valence-electron chi connectivity index (χ2n) is 5.39. The molecule has 0 saturated carbocycles. The summed E-state index contributed by atoms with van der Waals surface area (Å²) in [6.07, 6.45) is 2.69. The molecule has 0 amide bonds. The molecule has 1 aromatic carbocycles. The fraction of sp³-hybridized carbons (Fsp3) is 0.353. The third-order valence-corrected chi connectivity index (χ3v) is 4.22. The van der Waals surface area contributed by atoms with Gasteiger partial charge in [0, 0.05) is 18.8 Å². The molecule has 0 aromatic heterocycles. The van der Waals surface area contributed by atoms with Gasteiger partial charge in [0.05, 0.1) is 24.2 Å². The van der Waals surface area contributed by atoms with Crippen molar-refractivity contribution in [1.82, 2.24) is 4.90 Å². The van der Waals surface area contributed by atoms with E-state index in [-0.39, 0.29) is 12.6 Å². The molecule has 2 aliphatic heterocycles. The molecule has 1 aromatic rings. The monoisotopic (exact) mass is 407 g/mol. The summed E-state index contributed by atoms with van der Waals surface area (Å²) in [4.78, 5) is 22.3. The van der Waals surface area contributed by atoms with Crippen LogP contribution >= 0.6 is 15.9 Å². The van der Waals surface area contributed by atoms with Gasteiger partial charge >= 0.3 is 6.16 Å². The highest BCUT2D eigenvalue weighted by molar-refractivity contribution is 9.12. The SMILES string of the molecule is CCOC(=O)OC1CC(c2ccc(OC)cc2)N2C=C(Br)C=NC2=N1. The van der Waals surface area contributed by atoms with E-state index >= 15 is 0 Å². The fourth-order valence-electron chi connectivity index (χ4n) is 2.69. The van der Waals surface area contributed by atoms with E-state index in [0.717, 1.165) is 15.8 Å². The highest BCUT2D eigenvalue weighted by Crippen LogP contribution is 2.35.